The van der Waals surface area contributed by atoms with E-state index in [0.29, 0.717) is 0 Å². The topological polar surface area (TPSA) is 59.1 Å². The van der Waals surface area contributed by atoms with Crippen LogP contribution in [0, 0.1) is 0 Å². The van der Waals surface area contributed by atoms with Crippen molar-refractivity contribution in [2.24, 2.45) is 0 Å². The standard InChI is InChI=1S/C21H24N2O2/c1-15(19-7-4-12-22-14-19)23-21(25)11-10-20(24)18-9-8-16-5-2-3-6-17(16)13-18/h4,7-9,12-15H,2-3,5-6,10-11H2,1H3,(H,23,25). The predicted octanol–water partition coefficient (Wildman–Crippen LogP) is 3.80. The molecule has 0 radical (unpaired) electrons. The molecule has 4 nitrogen and oxygen atoms in total. The lowest BCUT2D eigenvalue weighted by molar-refractivity contribution is -0.121. The number of Topliss-reactive ketones (excluding diaryl/α,β-unsaturated/α-hetero) is 1. The van der Waals surface area contributed by atoms with Crippen LogP contribution in [-0.2, 0) is 17.6 Å². The maximum Gasteiger partial charge on any atom is 0.220 e. The third-order valence-electron chi connectivity index (χ3n) is 4.81. The molecule has 3 rings (SSSR count). The van der Waals surface area contributed by atoms with Gasteiger partial charge in [0.2, 0.25) is 5.91 Å². The zero-order valence-corrected chi connectivity index (χ0v) is 14.6. The van der Waals surface area contributed by atoms with E-state index < -0.39 is 0 Å². The molecule has 1 aliphatic rings. The molecule has 1 N–H and O–H groups in total. The zero-order chi connectivity index (χ0) is 17.6. The second kappa shape index (κ2) is 8.06. The van der Waals surface area contributed by atoms with Gasteiger partial charge in [-0.2, -0.15) is 0 Å². The summed E-state index contributed by atoms with van der Waals surface area (Å²) in [4.78, 5) is 28.6. The average molecular weight is 336 g/mol. The van der Waals surface area contributed by atoms with Gasteiger partial charge < -0.3 is 5.32 Å². The first-order chi connectivity index (χ1) is 12.1. The van der Waals surface area contributed by atoms with Gasteiger partial charge in [-0.15, -0.1) is 0 Å². The number of hydrogen-bond acceptors (Lipinski definition) is 3. The van der Waals surface area contributed by atoms with Crippen molar-refractivity contribution in [1.29, 1.82) is 0 Å². The summed E-state index contributed by atoms with van der Waals surface area (Å²) >= 11 is 0. The summed E-state index contributed by atoms with van der Waals surface area (Å²) in [7, 11) is 0. The number of aryl methyl sites for hydroxylation is 2. The van der Waals surface area contributed by atoms with E-state index in [0.717, 1.165) is 24.0 Å². The normalized spacial score (nSPS) is 14.4. The summed E-state index contributed by atoms with van der Waals surface area (Å²) < 4.78 is 0. The number of ketones is 1. The molecule has 0 aliphatic heterocycles. The SMILES string of the molecule is CC(NC(=O)CCC(=O)c1ccc2c(c1)CCCC2)c1cccnc1. The van der Waals surface area contributed by atoms with Crippen LogP contribution < -0.4 is 5.32 Å². The van der Waals surface area contributed by atoms with E-state index in [2.05, 4.69) is 16.4 Å². The number of aromatic nitrogens is 1. The van der Waals surface area contributed by atoms with Gasteiger partial charge in [-0.1, -0.05) is 18.2 Å². The van der Waals surface area contributed by atoms with E-state index in [-0.39, 0.29) is 30.6 Å². The Labute approximate surface area is 148 Å². The molecule has 0 fully saturated rings. The number of carbonyl (C=O) groups is 2. The van der Waals surface area contributed by atoms with Crippen molar-refractivity contribution < 1.29 is 9.59 Å². The first kappa shape index (κ1) is 17.3. The van der Waals surface area contributed by atoms with E-state index in [1.165, 1.54) is 24.0 Å². The molecule has 1 atom stereocenters. The number of nitrogens with zero attached hydrogens (tertiary/aromatic N) is 1. The Balaban J connectivity index is 1.52. The van der Waals surface area contributed by atoms with Gasteiger partial charge in [-0.25, -0.2) is 0 Å². The lowest BCUT2D eigenvalue weighted by atomic mass is 9.89. The van der Waals surface area contributed by atoms with Crippen molar-refractivity contribution in [1.82, 2.24) is 10.3 Å². The second-order valence-corrected chi connectivity index (χ2v) is 6.69. The molecule has 25 heavy (non-hydrogen) atoms. The summed E-state index contributed by atoms with van der Waals surface area (Å²) in [6.45, 7) is 1.92. The molecule has 2 aromatic rings. The van der Waals surface area contributed by atoms with E-state index in [1.54, 1.807) is 12.4 Å². The molecular formula is C21H24N2O2. The highest BCUT2D eigenvalue weighted by atomic mass is 16.2. The van der Waals surface area contributed by atoms with E-state index in [9.17, 15) is 9.59 Å². The minimum Gasteiger partial charge on any atom is -0.350 e. The van der Waals surface area contributed by atoms with Crippen molar-refractivity contribution in [2.45, 2.75) is 51.5 Å². The molecule has 0 saturated carbocycles. The van der Waals surface area contributed by atoms with Crippen LogP contribution in [0.1, 0.15) is 65.7 Å². The molecule has 0 spiro atoms. The third kappa shape index (κ3) is 4.53. The monoisotopic (exact) mass is 336 g/mol. The zero-order valence-electron chi connectivity index (χ0n) is 14.6. The van der Waals surface area contributed by atoms with Crippen molar-refractivity contribution in [2.75, 3.05) is 0 Å². The maximum atomic E-state index is 12.4. The molecule has 1 aromatic carbocycles. The van der Waals surface area contributed by atoms with Gasteiger partial charge in [0.15, 0.2) is 5.78 Å². The second-order valence-electron chi connectivity index (χ2n) is 6.69. The summed E-state index contributed by atoms with van der Waals surface area (Å²) in [5, 5.41) is 2.92. The largest absolute Gasteiger partial charge is 0.350 e. The fourth-order valence-corrected chi connectivity index (χ4v) is 3.31. The predicted molar refractivity (Wildman–Crippen MR) is 97.4 cm³/mol. The highest BCUT2D eigenvalue weighted by Crippen LogP contribution is 2.23. The van der Waals surface area contributed by atoms with Crippen molar-refractivity contribution in [3.8, 4) is 0 Å². The van der Waals surface area contributed by atoms with Crippen LogP contribution in [0.4, 0.5) is 0 Å². The van der Waals surface area contributed by atoms with Crippen molar-refractivity contribution in [3.05, 3.63) is 65.0 Å². The van der Waals surface area contributed by atoms with Gasteiger partial charge in [0, 0.05) is 30.8 Å². The lowest BCUT2D eigenvalue weighted by Crippen LogP contribution is -2.27. The molecular weight excluding hydrogens is 312 g/mol. The highest BCUT2D eigenvalue weighted by molar-refractivity contribution is 5.98. The molecule has 1 heterocycles. The molecule has 1 amide bonds. The molecule has 1 unspecified atom stereocenters. The van der Waals surface area contributed by atoms with Gasteiger partial charge in [-0.05, 0) is 61.4 Å². The molecule has 130 valence electrons. The van der Waals surface area contributed by atoms with E-state index in [1.807, 2.05) is 31.2 Å². The number of hydrogen-bond donors (Lipinski definition) is 1. The first-order valence-electron chi connectivity index (χ1n) is 8.98. The molecule has 1 aliphatic carbocycles. The number of fused-ring (bicyclic) bond motifs is 1. The molecule has 1 aromatic heterocycles. The number of pyridine rings is 1. The Morgan fingerprint density at radius 1 is 1.12 bits per heavy atom. The minimum absolute atomic E-state index is 0.0394. The van der Waals surface area contributed by atoms with Crippen LogP contribution in [0.3, 0.4) is 0 Å². The number of benzene rings is 1. The van der Waals surface area contributed by atoms with Crippen molar-refractivity contribution in [3.63, 3.8) is 0 Å². The van der Waals surface area contributed by atoms with Crippen LogP contribution in [0.2, 0.25) is 0 Å². The first-order valence-corrected chi connectivity index (χ1v) is 8.98. The van der Waals surface area contributed by atoms with Gasteiger partial charge in [0.1, 0.15) is 0 Å². The van der Waals surface area contributed by atoms with Crippen LogP contribution in [0.5, 0.6) is 0 Å². The van der Waals surface area contributed by atoms with Crippen molar-refractivity contribution >= 4 is 11.7 Å². The number of rotatable bonds is 6. The van der Waals surface area contributed by atoms with Crippen LogP contribution in [0.15, 0.2) is 42.7 Å². The van der Waals surface area contributed by atoms with Crippen LogP contribution in [0.25, 0.3) is 0 Å². The van der Waals surface area contributed by atoms with Crippen LogP contribution in [-0.4, -0.2) is 16.7 Å². The summed E-state index contributed by atoms with van der Waals surface area (Å²) in [6, 6.07) is 9.66. The highest BCUT2D eigenvalue weighted by Gasteiger charge is 2.15. The Bertz CT molecular complexity index is 756. The van der Waals surface area contributed by atoms with Gasteiger partial charge in [0.25, 0.3) is 0 Å². The Kier molecular flexibility index (Phi) is 5.59. The lowest BCUT2D eigenvalue weighted by Gasteiger charge is -2.16. The van der Waals surface area contributed by atoms with E-state index in [4.69, 9.17) is 0 Å². The molecule has 4 heteroatoms. The average Bonchev–Trinajstić information content (AvgIpc) is 2.66. The Morgan fingerprint density at radius 2 is 1.92 bits per heavy atom. The number of carbonyl (C=O) groups excluding carboxylic acids is 2. The fourth-order valence-electron chi connectivity index (χ4n) is 3.31. The van der Waals surface area contributed by atoms with Gasteiger partial charge in [-0.3, -0.25) is 14.6 Å². The quantitative estimate of drug-likeness (QED) is 0.816. The smallest absolute Gasteiger partial charge is 0.220 e. The molecule has 0 saturated heterocycles. The Morgan fingerprint density at radius 3 is 2.68 bits per heavy atom. The van der Waals surface area contributed by atoms with Gasteiger partial charge in [0.05, 0.1) is 6.04 Å². The van der Waals surface area contributed by atoms with E-state index >= 15 is 0 Å². The number of nitrogens with one attached hydrogen (secondary N) is 1. The number of amides is 1. The summed E-state index contributed by atoms with van der Waals surface area (Å²) in [5.74, 6) is -0.0692. The molecule has 0 bridgehead atoms. The Hall–Kier alpha value is -2.49. The summed E-state index contributed by atoms with van der Waals surface area (Å²) in [6.07, 6.45) is 8.48. The maximum absolute atomic E-state index is 12.4. The summed E-state index contributed by atoms with van der Waals surface area (Å²) in [5.41, 5.74) is 4.35. The van der Waals surface area contributed by atoms with Gasteiger partial charge >= 0.3 is 0 Å². The van der Waals surface area contributed by atoms with Crippen LogP contribution >= 0.6 is 0 Å². The minimum atomic E-state index is -0.111. The third-order valence-corrected chi connectivity index (χ3v) is 4.81. The fraction of sp³-hybridized carbons (Fsp3) is 0.381.